The first kappa shape index (κ1) is 12.6. The van der Waals surface area contributed by atoms with Crippen LogP contribution < -0.4 is 4.74 Å². The number of rotatable bonds is 3. The molecule has 2 rings (SSSR count). The van der Waals surface area contributed by atoms with Crippen LogP contribution in [-0.2, 0) is 4.79 Å². The summed E-state index contributed by atoms with van der Waals surface area (Å²) < 4.78 is 5.17. The van der Waals surface area contributed by atoms with Crippen LogP contribution in [-0.4, -0.2) is 24.0 Å². The van der Waals surface area contributed by atoms with Crippen molar-refractivity contribution in [2.75, 3.05) is 7.11 Å². The van der Waals surface area contributed by atoms with E-state index in [0.29, 0.717) is 23.3 Å². The Morgan fingerprint density at radius 2 is 2.22 bits per heavy atom. The third-order valence-electron chi connectivity index (χ3n) is 3.60. The van der Waals surface area contributed by atoms with Gasteiger partial charge in [-0.1, -0.05) is 25.5 Å². The summed E-state index contributed by atoms with van der Waals surface area (Å²) in [6.45, 7) is 1.92. The molecule has 2 atom stereocenters. The Morgan fingerprint density at radius 1 is 1.50 bits per heavy atom. The van der Waals surface area contributed by atoms with Gasteiger partial charge >= 0.3 is 5.97 Å². The summed E-state index contributed by atoms with van der Waals surface area (Å²) in [7, 11) is 1.49. The number of carboxylic acid groups (broad SMARTS) is 1. The number of carbonyl (C=O) groups is 2. The molecule has 1 aromatic carbocycles. The van der Waals surface area contributed by atoms with Gasteiger partial charge in [0, 0.05) is 6.42 Å². The van der Waals surface area contributed by atoms with E-state index in [4.69, 9.17) is 4.74 Å². The van der Waals surface area contributed by atoms with E-state index in [0.717, 1.165) is 0 Å². The number of fused-ring (bicyclic) bond motifs is 1. The maximum atomic E-state index is 12.1. The Labute approximate surface area is 106 Å². The van der Waals surface area contributed by atoms with Gasteiger partial charge in [-0.15, -0.1) is 0 Å². The van der Waals surface area contributed by atoms with Crippen molar-refractivity contribution in [2.45, 2.75) is 25.7 Å². The number of hydrogen-bond acceptors (Lipinski definition) is 3. The Kier molecular flexibility index (Phi) is 3.36. The standard InChI is InChI=1S/C14H16O4/c1-3-8-7-10(15)13-9(12(8)14(16)17)5-4-6-11(13)18-2/h4-6,8,12H,3,7H2,1-2H3,(H,16,17). The summed E-state index contributed by atoms with van der Waals surface area (Å²) in [5, 5.41) is 9.38. The minimum atomic E-state index is -0.871. The predicted octanol–water partition coefficient (Wildman–Crippen LogP) is 2.48. The molecule has 0 saturated heterocycles. The lowest BCUT2D eigenvalue weighted by Crippen LogP contribution is -2.30. The highest BCUT2D eigenvalue weighted by Crippen LogP contribution is 2.41. The first-order valence-electron chi connectivity index (χ1n) is 6.03. The highest BCUT2D eigenvalue weighted by Gasteiger charge is 2.38. The van der Waals surface area contributed by atoms with E-state index in [1.807, 2.05) is 6.92 Å². The number of carboxylic acids is 1. The van der Waals surface area contributed by atoms with E-state index < -0.39 is 11.9 Å². The second kappa shape index (κ2) is 4.80. The fourth-order valence-electron chi connectivity index (χ4n) is 2.70. The lowest BCUT2D eigenvalue weighted by molar-refractivity contribution is -0.140. The molecule has 4 nitrogen and oxygen atoms in total. The lowest BCUT2D eigenvalue weighted by atomic mass is 9.73. The molecule has 0 aromatic heterocycles. The molecule has 1 N–H and O–H groups in total. The zero-order chi connectivity index (χ0) is 13.3. The van der Waals surface area contributed by atoms with Gasteiger partial charge < -0.3 is 9.84 Å². The highest BCUT2D eigenvalue weighted by atomic mass is 16.5. The summed E-state index contributed by atoms with van der Waals surface area (Å²) >= 11 is 0. The van der Waals surface area contributed by atoms with Crippen LogP contribution in [0.25, 0.3) is 0 Å². The molecule has 0 fully saturated rings. The number of aliphatic carboxylic acids is 1. The van der Waals surface area contributed by atoms with Crippen LogP contribution in [0.2, 0.25) is 0 Å². The molecule has 0 saturated carbocycles. The van der Waals surface area contributed by atoms with Crippen molar-refractivity contribution < 1.29 is 19.4 Å². The number of methoxy groups -OCH3 is 1. The summed E-state index contributed by atoms with van der Waals surface area (Å²) in [6, 6.07) is 5.15. The van der Waals surface area contributed by atoms with E-state index in [-0.39, 0.29) is 18.1 Å². The second-order valence-electron chi connectivity index (χ2n) is 4.54. The van der Waals surface area contributed by atoms with Crippen LogP contribution >= 0.6 is 0 Å². The average molecular weight is 248 g/mol. The molecule has 1 aliphatic carbocycles. The Hall–Kier alpha value is -1.84. The molecule has 4 heteroatoms. The van der Waals surface area contributed by atoms with Crippen molar-refractivity contribution in [2.24, 2.45) is 5.92 Å². The minimum absolute atomic E-state index is 0.0215. The molecule has 0 amide bonds. The fourth-order valence-corrected chi connectivity index (χ4v) is 2.70. The maximum Gasteiger partial charge on any atom is 0.311 e. The van der Waals surface area contributed by atoms with Crippen molar-refractivity contribution in [3.63, 3.8) is 0 Å². The van der Waals surface area contributed by atoms with Gasteiger partial charge in [0.2, 0.25) is 0 Å². The summed E-state index contributed by atoms with van der Waals surface area (Å²) in [5.74, 6) is -1.17. The first-order valence-corrected chi connectivity index (χ1v) is 6.03. The quantitative estimate of drug-likeness (QED) is 0.892. The molecule has 1 aliphatic rings. The number of ketones is 1. The average Bonchev–Trinajstić information content (AvgIpc) is 2.36. The Morgan fingerprint density at radius 3 is 2.78 bits per heavy atom. The second-order valence-corrected chi connectivity index (χ2v) is 4.54. The number of carbonyl (C=O) groups excluding carboxylic acids is 1. The molecule has 0 spiro atoms. The summed E-state index contributed by atoms with van der Waals surface area (Å²) in [6.07, 6.45) is 0.959. The molecule has 1 aromatic rings. The van der Waals surface area contributed by atoms with Gasteiger partial charge in [0.1, 0.15) is 5.75 Å². The van der Waals surface area contributed by atoms with Crippen LogP contribution in [0.15, 0.2) is 18.2 Å². The number of ether oxygens (including phenoxy) is 1. The smallest absolute Gasteiger partial charge is 0.311 e. The molecule has 96 valence electrons. The largest absolute Gasteiger partial charge is 0.496 e. The van der Waals surface area contributed by atoms with E-state index in [2.05, 4.69) is 0 Å². The van der Waals surface area contributed by atoms with Crippen molar-refractivity contribution >= 4 is 11.8 Å². The van der Waals surface area contributed by atoms with Crippen LogP contribution in [0.4, 0.5) is 0 Å². The normalized spacial score (nSPS) is 22.4. The number of Topliss-reactive ketones (excluding diaryl/α,β-unsaturated/α-hetero) is 1. The first-order chi connectivity index (χ1) is 8.60. The van der Waals surface area contributed by atoms with Gasteiger partial charge in [0.15, 0.2) is 5.78 Å². The lowest BCUT2D eigenvalue weighted by Gasteiger charge is -2.30. The third-order valence-corrected chi connectivity index (χ3v) is 3.60. The maximum absolute atomic E-state index is 12.1. The molecule has 0 bridgehead atoms. The number of hydrogen-bond donors (Lipinski definition) is 1. The summed E-state index contributed by atoms with van der Waals surface area (Å²) in [4.78, 5) is 23.6. The molecular weight excluding hydrogens is 232 g/mol. The molecule has 18 heavy (non-hydrogen) atoms. The topological polar surface area (TPSA) is 63.6 Å². The zero-order valence-corrected chi connectivity index (χ0v) is 10.5. The van der Waals surface area contributed by atoms with Gasteiger partial charge in [0.25, 0.3) is 0 Å². The number of benzene rings is 1. The van der Waals surface area contributed by atoms with Crippen LogP contribution in [0, 0.1) is 5.92 Å². The van der Waals surface area contributed by atoms with Gasteiger partial charge in [-0.05, 0) is 17.5 Å². The Bertz CT molecular complexity index is 493. The highest BCUT2D eigenvalue weighted by molar-refractivity contribution is 6.03. The molecule has 0 heterocycles. The Balaban J connectivity index is 2.61. The third kappa shape index (κ3) is 1.88. The predicted molar refractivity (Wildman–Crippen MR) is 66.1 cm³/mol. The SMILES string of the molecule is CCC1CC(=O)c2c(OC)cccc2C1C(=O)O. The van der Waals surface area contributed by atoms with Crippen molar-refractivity contribution in [1.82, 2.24) is 0 Å². The van der Waals surface area contributed by atoms with Gasteiger partial charge in [-0.2, -0.15) is 0 Å². The van der Waals surface area contributed by atoms with Crippen molar-refractivity contribution in [1.29, 1.82) is 0 Å². The molecular formula is C14H16O4. The minimum Gasteiger partial charge on any atom is -0.496 e. The van der Waals surface area contributed by atoms with Crippen molar-refractivity contribution in [3.05, 3.63) is 29.3 Å². The summed E-state index contributed by atoms with van der Waals surface area (Å²) in [5.41, 5.74) is 1.03. The van der Waals surface area contributed by atoms with Crippen LogP contribution in [0.5, 0.6) is 5.75 Å². The molecule has 0 radical (unpaired) electrons. The molecule has 2 unspecified atom stereocenters. The van der Waals surface area contributed by atoms with E-state index in [1.165, 1.54) is 7.11 Å². The van der Waals surface area contributed by atoms with E-state index in [9.17, 15) is 14.7 Å². The van der Waals surface area contributed by atoms with Crippen LogP contribution in [0.1, 0.15) is 41.6 Å². The van der Waals surface area contributed by atoms with Gasteiger partial charge in [0.05, 0.1) is 18.6 Å². The van der Waals surface area contributed by atoms with E-state index >= 15 is 0 Å². The van der Waals surface area contributed by atoms with Gasteiger partial charge in [-0.25, -0.2) is 0 Å². The van der Waals surface area contributed by atoms with Crippen LogP contribution in [0.3, 0.4) is 0 Å². The van der Waals surface area contributed by atoms with Gasteiger partial charge in [-0.3, -0.25) is 9.59 Å². The van der Waals surface area contributed by atoms with Crippen molar-refractivity contribution in [3.8, 4) is 5.75 Å². The van der Waals surface area contributed by atoms with E-state index in [1.54, 1.807) is 18.2 Å². The monoisotopic (exact) mass is 248 g/mol. The molecule has 0 aliphatic heterocycles. The fraction of sp³-hybridized carbons (Fsp3) is 0.429. The zero-order valence-electron chi connectivity index (χ0n) is 10.5.